The topological polar surface area (TPSA) is 245 Å². The summed E-state index contributed by atoms with van der Waals surface area (Å²) in [5.41, 5.74) is 0. The second kappa shape index (κ2) is 66.4. The molecule has 0 saturated carbocycles. The zero-order valence-corrected chi connectivity index (χ0v) is 68.5. The Morgan fingerprint density at radius 2 is 0.858 bits per heavy atom. The molecule has 2 aliphatic rings. The summed E-state index contributed by atoms with van der Waals surface area (Å²) in [5, 5.41) is 2.92. The van der Waals surface area contributed by atoms with Crippen molar-refractivity contribution in [3.63, 3.8) is 0 Å². The van der Waals surface area contributed by atoms with Crippen molar-refractivity contribution >= 4 is 33.5 Å². The van der Waals surface area contributed by atoms with Crippen LogP contribution >= 0.6 is 15.6 Å². The number of carbonyl (C=O) groups excluding carboxylic acids is 3. The second-order valence-electron chi connectivity index (χ2n) is 27.9. The van der Waals surface area contributed by atoms with E-state index in [1.807, 2.05) is 0 Å². The van der Waals surface area contributed by atoms with Crippen molar-refractivity contribution in [3.8, 4) is 0 Å². The number of Topliss-reactive ketones (excluding diaryl/α,β-unsaturated/α-hetero) is 1. The van der Waals surface area contributed by atoms with E-state index in [-0.39, 0.29) is 77.8 Å². The molecule has 0 aromatic carbocycles. The number of amides is 1. The van der Waals surface area contributed by atoms with Crippen LogP contribution in [0.15, 0.2) is 75.4 Å². The highest BCUT2D eigenvalue weighted by Crippen LogP contribution is 2.54. The van der Waals surface area contributed by atoms with E-state index in [2.05, 4.69) is 78.1 Å². The summed E-state index contributed by atoms with van der Waals surface area (Å²) >= 11 is 0. The number of hydrogen-bond donors (Lipinski definition) is 1. The summed E-state index contributed by atoms with van der Waals surface area (Å²) in [6.45, 7) is 26.0. The van der Waals surface area contributed by atoms with Gasteiger partial charge >= 0.3 is 21.8 Å². The SMILES string of the molecule is C=CCOC(=O)O[C@H]1[C@H](OCCCCCCCCCC)[C@H](NC(=O)CC(=O)CCCCCCCCCCC)[C@@H](OP(=O)(OCC=C)OCC=C)O[C@@H]1CO[C@@H]1O[C@H](COC)[C@@H](OP(=O)(OCC=C)OCC=C)[C@H](OCC[C@H](CCCCCCC)OC)[C@H]1OCCCCCCCCCC/C=C\CCCCCC. The predicted octanol–water partition coefficient (Wildman–Crippen LogP) is 20.7. The Morgan fingerprint density at radius 3 is 1.35 bits per heavy atom. The Morgan fingerprint density at radius 1 is 0.434 bits per heavy atom. The summed E-state index contributed by atoms with van der Waals surface area (Å²) in [6, 6.07) is -1.47. The van der Waals surface area contributed by atoms with Gasteiger partial charge in [0.05, 0.1) is 52.2 Å². The van der Waals surface area contributed by atoms with Gasteiger partial charge in [0.25, 0.3) is 0 Å². The predicted molar refractivity (Wildman–Crippen MR) is 421 cm³/mol. The van der Waals surface area contributed by atoms with E-state index in [1.54, 1.807) is 7.11 Å². The number of carbonyl (C=O) groups is 3. The smallest absolute Gasteiger partial charge is 0.430 e. The molecule has 106 heavy (non-hydrogen) atoms. The molecule has 1 amide bonds. The first-order valence-corrected chi connectivity index (χ1v) is 43.9. The third-order valence-electron chi connectivity index (χ3n) is 18.7. The lowest BCUT2D eigenvalue weighted by Gasteiger charge is -2.48. The van der Waals surface area contributed by atoms with Gasteiger partial charge in [0.15, 0.2) is 18.7 Å². The van der Waals surface area contributed by atoms with Gasteiger partial charge in [-0.05, 0) is 57.8 Å². The molecule has 22 nitrogen and oxygen atoms in total. The van der Waals surface area contributed by atoms with Gasteiger partial charge in [0.2, 0.25) is 5.91 Å². The molecule has 0 aliphatic carbocycles. The van der Waals surface area contributed by atoms with E-state index < -0.39 is 102 Å². The molecule has 24 heteroatoms. The number of ketones is 1. The van der Waals surface area contributed by atoms with Crippen molar-refractivity contribution in [2.75, 3.05) is 80.3 Å². The molecule has 616 valence electrons. The van der Waals surface area contributed by atoms with Gasteiger partial charge in [0, 0.05) is 40.5 Å². The number of phosphoric ester groups is 2. The highest BCUT2D eigenvalue weighted by atomic mass is 31.2. The van der Waals surface area contributed by atoms with Crippen LogP contribution in [-0.2, 0) is 93.2 Å². The van der Waals surface area contributed by atoms with Crippen molar-refractivity contribution in [3.05, 3.63) is 75.4 Å². The highest BCUT2D eigenvalue weighted by Gasteiger charge is 2.56. The Balaban J connectivity index is 2.88. The maximum atomic E-state index is 14.9. The first-order valence-electron chi connectivity index (χ1n) is 41.0. The molecular formula is C82H147NO21P2. The van der Waals surface area contributed by atoms with Gasteiger partial charge < -0.3 is 52.7 Å². The van der Waals surface area contributed by atoms with Crippen LogP contribution in [0.3, 0.4) is 0 Å². The zero-order chi connectivity index (χ0) is 77.4. The largest absolute Gasteiger partial charge is 0.509 e. The quantitative estimate of drug-likeness (QED) is 0.0195. The van der Waals surface area contributed by atoms with Gasteiger partial charge in [-0.15, -0.1) is 26.3 Å². The number of methoxy groups -OCH3 is 2. The van der Waals surface area contributed by atoms with Crippen LogP contribution in [0.4, 0.5) is 4.79 Å². The van der Waals surface area contributed by atoms with Crippen LogP contribution in [0.25, 0.3) is 0 Å². The fraction of sp³-hybridized carbons (Fsp3) is 0.817. The first-order chi connectivity index (χ1) is 51.7. The molecule has 2 aliphatic heterocycles. The van der Waals surface area contributed by atoms with E-state index in [1.165, 1.54) is 102 Å². The number of hydrogen-bond acceptors (Lipinski definition) is 21. The molecule has 2 fully saturated rings. The number of unbranched alkanes of at least 4 members (excludes halogenated alkanes) is 31. The molecule has 0 bridgehead atoms. The van der Waals surface area contributed by atoms with E-state index >= 15 is 0 Å². The van der Waals surface area contributed by atoms with Crippen molar-refractivity contribution < 1.29 is 98.0 Å². The van der Waals surface area contributed by atoms with Crippen molar-refractivity contribution in [1.82, 2.24) is 5.32 Å². The zero-order valence-electron chi connectivity index (χ0n) is 66.8. The maximum absolute atomic E-state index is 14.9. The molecule has 0 aromatic heterocycles. The summed E-state index contributed by atoms with van der Waals surface area (Å²) in [6.07, 6.45) is 37.2. The average molecular weight is 1550 g/mol. The average Bonchev–Trinajstić information content (AvgIpc) is 0.784. The standard InChI is InChI=1S/C82H147NO21P2/c1-12-21-25-29-32-35-36-37-38-39-40-41-43-46-50-54-64-92-79-78(93-65-57-70(90-11)56-52-47-28-24-15-4)76(103-105(87,96-59-17-6)97-60-18-7)71(67-89-10)101-81(79)95-68-72-75(102-82(86)94-58-16-5)77(91-63-53-49-45-34-31-27-23-14-3)74(80(100-72)104-106(88,98-61-19-8)99-62-20-9)83-73(85)66-69(84)55-51-48-44-42-33-30-26-22-13-2/h16-20,35-36,70-72,74-81H,5-9,12-15,21-34,37-68H2,1-4,10-11H3,(H,83,85)/b36-35-/t70-,71+,72+,74-,75+,76+,77+,78-,79+,80+,81+/m0/s1. The summed E-state index contributed by atoms with van der Waals surface area (Å²) in [7, 11) is -6.02. The molecule has 11 atom stereocenters. The lowest BCUT2D eigenvalue weighted by atomic mass is 9.95. The van der Waals surface area contributed by atoms with E-state index in [9.17, 15) is 23.5 Å². The lowest BCUT2D eigenvalue weighted by Crippen LogP contribution is -2.67. The normalized spacial score (nSPS) is 20.8. The Bertz CT molecular complexity index is 2340. The third kappa shape index (κ3) is 46.5. The number of phosphoric acid groups is 2. The van der Waals surface area contributed by atoms with Crippen LogP contribution < -0.4 is 5.32 Å². The van der Waals surface area contributed by atoms with E-state index in [0.29, 0.717) is 25.7 Å². The summed E-state index contributed by atoms with van der Waals surface area (Å²) in [5.74, 6) is -1.01. The van der Waals surface area contributed by atoms with Crippen molar-refractivity contribution in [1.29, 1.82) is 0 Å². The van der Waals surface area contributed by atoms with Crippen molar-refractivity contribution in [2.45, 2.75) is 352 Å². The molecular weight excluding hydrogens is 1400 g/mol. The minimum absolute atomic E-state index is 0.0839. The molecule has 0 unspecified atom stereocenters. The fourth-order valence-electron chi connectivity index (χ4n) is 12.8. The van der Waals surface area contributed by atoms with Crippen LogP contribution in [-0.4, -0.2) is 166 Å². The minimum Gasteiger partial charge on any atom is -0.430 e. The van der Waals surface area contributed by atoms with Crippen LogP contribution in [0, 0.1) is 0 Å². The van der Waals surface area contributed by atoms with Gasteiger partial charge in [-0.2, -0.15) is 0 Å². The molecule has 1 N–H and O–H groups in total. The van der Waals surface area contributed by atoms with E-state index in [4.69, 9.17) is 74.5 Å². The minimum atomic E-state index is -4.70. The highest BCUT2D eigenvalue weighted by molar-refractivity contribution is 7.48. The maximum Gasteiger partial charge on any atom is 0.509 e. The second-order valence-corrected chi connectivity index (χ2v) is 31.1. The molecule has 2 saturated heterocycles. The molecule has 0 spiro atoms. The number of ether oxygens (including phenoxy) is 10. The van der Waals surface area contributed by atoms with Gasteiger partial charge in [0.1, 0.15) is 55.1 Å². The summed E-state index contributed by atoms with van der Waals surface area (Å²) in [4.78, 5) is 42.3. The monoisotopic (exact) mass is 1540 g/mol. The fourth-order valence-corrected chi connectivity index (χ4v) is 15.3. The molecule has 2 heterocycles. The number of allylic oxidation sites excluding steroid dienone is 2. The van der Waals surface area contributed by atoms with Crippen molar-refractivity contribution in [2.24, 2.45) is 0 Å². The number of rotatable bonds is 75. The van der Waals surface area contributed by atoms with Crippen LogP contribution in [0.1, 0.15) is 285 Å². The Kier molecular flexibility index (Phi) is 61.9. The lowest BCUT2D eigenvalue weighted by molar-refractivity contribution is -0.328. The first kappa shape index (κ1) is 98.8. The molecule has 2 rings (SSSR count). The Hall–Kier alpha value is -3.25. The third-order valence-corrected chi connectivity index (χ3v) is 21.5. The number of nitrogens with one attached hydrogen (secondary N) is 1. The Labute approximate surface area is 641 Å². The van der Waals surface area contributed by atoms with Gasteiger partial charge in [-0.25, -0.2) is 13.9 Å². The van der Waals surface area contributed by atoms with Crippen LogP contribution in [0.2, 0.25) is 0 Å². The molecule has 0 aromatic rings. The molecule has 0 radical (unpaired) electrons. The van der Waals surface area contributed by atoms with Gasteiger partial charge in [-0.1, -0.05) is 263 Å². The summed E-state index contributed by atoms with van der Waals surface area (Å²) < 4.78 is 131. The van der Waals surface area contributed by atoms with Crippen LogP contribution in [0.5, 0.6) is 0 Å². The van der Waals surface area contributed by atoms with E-state index in [0.717, 1.165) is 154 Å². The van der Waals surface area contributed by atoms with Gasteiger partial charge in [-0.3, -0.25) is 36.7 Å².